The zero-order valence-electron chi connectivity index (χ0n) is 8.34. The van der Waals surface area contributed by atoms with E-state index in [0.29, 0.717) is 11.3 Å². The molecule has 0 amide bonds. The molecule has 0 aliphatic heterocycles. The molecule has 15 heavy (non-hydrogen) atoms. The van der Waals surface area contributed by atoms with Gasteiger partial charge in [-0.25, -0.2) is 0 Å². The van der Waals surface area contributed by atoms with Crippen molar-refractivity contribution >= 4 is 0 Å². The number of hydrogen-bond acceptors (Lipinski definition) is 3. The van der Waals surface area contributed by atoms with E-state index in [1.54, 1.807) is 37.6 Å². The Hall–Kier alpha value is -2.03. The largest absolute Gasteiger partial charge is 0.507 e. The Morgan fingerprint density at radius 3 is 2.73 bits per heavy atom. The summed E-state index contributed by atoms with van der Waals surface area (Å²) < 4.78 is 5.09. The molecule has 0 atom stereocenters. The highest BCUT2D eigenvalue weighted by Gasteiger charge is 2.04. The number of aromatic hydroxyl groups is 1. The van der Waals surface area contributed by atoms with E-state index in [1.165, 1.54) is 0 Å². The lowest BCUT2D eigenvalue weighted by molar-refractivity contribution is 0.414. The van der Waals surface area contributed by atoms with Gasteiger partial charge in [-0.15, -0.1) is 0 Å². The van der Waals surface area contributed by atoms with Crippen molar-refractivity contribution in [3.63, 3.8) is 0 Å². The average molecular weight is 201 g/mol. The van der Waals surface area contributed by atoms with Gasteiger partial charge < -0.3 is 9.84 Å². The molecule has 0 aliphatic carbocycles. The molecule has 0 spiro atoms. The zero-order chi connectivity index (χ0) is 10.7. The average Bonchev–Trinajstić information content (AvgIpc) is 2.30. The second-order valence-electron chi connectivity index (χ2n) is 3.10. The van der Waals surface area contributed by atoms with Crippen LogP contribution < -0.4 is 4.74 Å². The SMILES string of the molecule is COc1ccnc(-c2ccccc2O)c1. The lowest BCUT2D eigenvalue weighted by Gasteiger charge is -2.05. The van der Waals surface area contributed by atoms with Gasteiger partial charge in [0.2, 0.25) is 0 Å². The number of rotatable bonds is 2. The summed E-state index contributed by atoms with van der Waals surface area (Å²) >= 11 is 0. The number of hydrogen-bond donors (Lipinski definition) is 1. The number of phenols is 1. The van der Waals surface area contributed by atoms with Gasteiger partial charge in [0.25, 0.3) is 0 Å². The lowest BCUT2D eigenvalue weighted by Crippen LogP contribution is -1.87. The molecule has 3 heteroatoms. The monoisotopic (exact) mass is 201 g/mol. The predicted octanol–water partition coefficient (Wildman–Crippen LogP) is 2.46. The topological polar surface area (TPSA) is 42.4 Å². The number of phenolic OH excluding ortho intramolecular Hbond substituents is 1. The Kier molecular flexibility index (Phi) is 2.54. The quantitative estimate of drug-likeness (QED) is 0.811. The van der Waals surface area contributed by atoms with Gasteiger partial charge in [-0.05, 0) is 18.2 Å². The van der Waals surface area contributed by atoms with E-state index < -0.39 is 0 Å². The standard InChI is InChI=1S/C12H11NO2/c1-15-9-6-7-13-11(8-9)10-4-2-3-5-12(10)14/h2-8,14H,1H3. The number of benzene rings is 1. The van der Waals surface area contributed by atoms with Crippen LogP contribution in [0.25, 0.3) is 11.3 Å². The number of ether oxygens (including phenoxy) is 1. The maximum atomic E-state index is 9.65. The number of aromatic nitrogens is 1. The second kappa shape index (κ2) is 4.00. The molecular formula is C12H11NO2. The van der Waals surface area contributed by atoms with E-state index >= 15 is 0 Å². The Morgan fingerprint density at radius 2 is 2.00 bits per heavy atom. The summed E-state index contributed by atoms with van der Waals surface area (Å²) in [4.78, 5) is 4.18. The number of para-hydroxylation sites is 1. The van der Waals surface area contributed by atoms with Crippen LogP contribution in [0.2, 0.25) is 0 Å². The first-order chi connectivity index (χ1) is 7.31. The van der Waals surface area contributed by atoms with Crippen molar-refractivity contribution in [3.8, 4) is 22.8 Å². The third kappa shape index (κ3) is 1.91. The van der Waals surface area contributed by atoms with Gasteiger partial charge in [0.05, 0.1) is 12.8 Å². The fourth-order valence-electron chi connectivity index (χ4n) is 1.38. The molecule has 0 saturated heterocycles. The summed E-state index contributed by atoms with van der Waals surface area (Å²) in [6.07, 6.45) is 1.65. The molecule has 0 saturated carbocycles. The van der Waals surface area contributed by atoms with Gasteiger partial charge in [0, 0.05) is 17.8 Å². The van der Waals surface area contributed by atoms with Crippen LogP contribution in [0.4, 0.5) is 0 Å². The van der Waals surface area contributed by atoms with Crippen LogP contribution in [-0.2, 0) is 0 Å². The van der Waals surface area contributed by atoms with E-state index in [1.807, 2.05) is 12.1 Å². The van der Waals surface area contributed by atoms with Crippen molar-refractivity contribution in [3.05, 3.63) is 42.6 Å². The molecular weight excluding hydrogens is 190 g/mol. The van der Waals surface area contributed by atoms with Gasteiger partial charge in [0.1, 0.15) is 11.5 Å². The summed E-state index contributed by atoms with van der Waals surface area (Å²) in [5.41, 5.74) is 1.41. The summed E-state index contributed by atoms with van der Waals surface area (Å²) in [5.74, 6) is 0.946. The minimum atomic E-state index is 0.221. The molecule has 0 aliphatic rings. The highest BCUT2D eigenvalue weighted by molar-refractivity contribution is 5.67. The highest BCUT2D eigenvalue weighted by Crippen LogP contribution is 2.28. The summed E-state index contributed by atoms with van der Waals surface area (Å²) in [5, 5.41) is 9.65. The molecule has 0 bridgehead atoms. The predicted molar refractivity (Wildman–Crippen MR) is 57.9 cm³/mol. The van der Waals surface area contributed by atoms with Crippen molar-refractivity contribution in [1.82, 2.24) is 4.98 Å². The van der Waals surface area contributed by atoms with Crippen molar-refractivity contribution < 1.29 is 9.84 Å². The molecule has 76 valence electrons. The fraction of sp³-hybridized carbons (Fsp3) is 0.0833. The lowest BCUT2D eigenvalue weighted by atomic mass is 10.1. The summed E-state index contributed by atoms with van der Waals surface area (Å²) in [7, 11) is 1.60. The van der Waals surface area contributed by atoms with E-state index in [-0.39, 0.29) is 5.75 Å². The molecule has 1 aromatic heterocycles. The molecule has 0 radical (unpaired) electrons. The van der Waals surface area contributed by atoms with Gasteiger partial charge in [0.15, 0.2) is 0 Å². The first-order valence-electron chi connectivity index (χ1n) is 4.59. The van der Waals surface area contributed by atoms with Crippen LogP contribution in [0, 0.1) is 0 Å². The van der Waals surface area contributed by atoms with E-state index in [0.717, 1.165) is 5.75 Å². The van der Waals surface area contributed by atoms with Crippen LogP contribution in [-0.4, -0.2) is 17.2 Å². The maximum Gasteiger partial charge on any atom is 0.124 e. The third-order valence-corrected chi connectivity index (χ3v) is 2.15. The molecule has 3 nitrogen and oxygen atoms in total. The van der Waals surface area contributed by atoms with Gasteiger partial charge in [-0.3, -0.25) is 4.98 Å². The summed E-state index contributed by atoms with van der Waals surface area (Å²) in [6.45, 7) is 0. The first-order valence-corrected chi connectivity index (χ1v) is 4.59. The van der Waals surface area contributed by atoms with E-state index in [2.05, 4.69) is 4.98 Å². The number of pyridine rings is 1. The maximum absolute atomic E-state index is 9.65. The summed E-state index contributed by atoms with van der Waals surface area (Å²) in [6, 6.07) is 10.6. The van der Waals surface area contributed by atoms with Crippen LogP contribution in [0.1, 0.15) is 0 Å². The number of methoxy groups -OCH3 is 1. The second-order valence-corrected chi connectivity index (χ2v) is 3.10. The van der Waals surface area contributed by atoms with Crippen molar-refractivity contribution in [2.24, 2.45) is 0 Å². The van der Waals surface area contributed by atoms with Crippen LogP contribution >= 0.6 is 0 Å². The van der Waals surface area contributed by atoms with Gasteiger partial charge in [-0.2, -0.15) is 0 Å². The highest BCUT2D eigenvalue weighted by atomic mass is 16.5. The molecule has 2 aromatic rings. The van der Waals surface area contributed by atoms with Crippen LogP contribution in [0.5, 0.6) is 11.5 Å². The van der Waals surface area contributed by atoms with E-state index in [9.17, 15) is 5.11 Å². The van der Waals surface area contributed by atoms with E-state index in [4.69, 9.17) is 4.74 Å². The van der Waals surface area contributed by atoms with Crippen molar-refractivity contribution in [1.29, 1.82) is 0 Å². The Balaban J connectivity index is 2.49. The minimum Gasteiger partial charge on any atom is -0.507 e. The number of nitrogens with zero attached hydrogens (tertiary/aromatic N) is 1. The molecule has 1 N–H and O–H groups in total. The zero-order valence-corrected chi connectivity index (χ0v) is 8.34. The normalized spacial score (nSPS) is 9.93. The van der Waals surface area contributed by atoms with Crippen LogP contribution in [0.15, 0.2) is 42.6 Å². The van der Waals surface area contributed by atoms with Gasteiger partial charge in [-0.1, -0.05) is 12.1 Å². The minimum absolute atomic E-state index is 0.221. The van der Waals surface area contributed by atoms with Crippen LogP contribution in [0.3, 0.4) is 0 Å². The Labute approximate surface area is 88.0 Å². The van der Waals surface area contributed by atoms with Gasteiger partial charge >= 0.3 is 0 Å². The first kappa shape index (κ1) is 9.52. The molecule has 0 unspecified atom stereocenters. The Morgan fingerprint density at radius 1 is 1.20 bits per heavy atom. The fourth-order valence-corrected chi connectivity index (χ4v) is 1.38. The smallest absolute Gasteiger partial charge is 0.124 e. The molecule has 0 fully saturated rings. The molecule has 2 rings (SSSR count). The third-order valence-electron chi connectivity index (χ3n) is 2.15. The van der Waals surface area contributed by atoms with Crippen molar-refractivity contribution in [2.75, 3.05) is 7.11 Å². The molecule has 1 heterocycles. The molecule has 1 aromatic carbocycles. The Bertz CT molecular complexity index is 469. The van der Waals surface area contributed by atoms with Crippen molar-refractivity contribution in [2.45, 2.75) is 0 Å².